The van der Waals surface area contributed by atoms with Gasteiger partial charge in [-0.05, 0) is 40.0 Å². The van der Waals surface area contributed by atoms with Crippen molar-refractivity contribution >= 4 is 34.0 Å². The predicted molar refractivity (Wildman–Crippen MR) is 54.0 cm³/mol. The minimum Gasteiger partial charge on any atom is -0.298 e. The third kappa shape index (κ3) is 1.31. The SMILES string of the molecule is O=Cc1cc(Br)c2c(c1)CCS2. The summed E-state index contributed by atoms with van der Waals surface area (Å²) in [5, 5.41) is 0. The number of hydrogen-bond acceptors (Lipinski definition) is 2. The topological polar surface area (TPSA) is 17.1 Å². The molecule has 1 heterocycles. The molecule has 0 amide bonds. The van der Waals surface area contributed by atoms with Crippen LogP contribution in [0.15, 0.2) is 21.5 Å². The number of benzene rings is 1. The largest absolute Gasteiger partial charge is 0.298 e. The third-order valence-corrected chi connectivity index (χ3v) is 3.96. The molecular formula is C9H7BrOS. The van der Waals surface area contributed by atoms with E-state index in [4.69, 9.17) is 0 Å². The number of hydrogen-bond donors (Lipinski definition) is 0. The van der Waals surface area contributed by atoms with Gasteiger partial charge in [0.15, 0.2) is 0 Å². The Hall–Kier alpha value is -0.280. The van der Waals surface area contributed by atoms with E-state index in [1.54, 1.807) is 0 Å². The standard InChI is InChI=1S/C9H7BrOS/c10-8-4-6(5-11)3-7-1-2-12-9(7)8/h3-5H,1-2H2. The molecule has 0 aromatic heterocycles. The number of carbonyl (C=O) groups excluding carboxylic acids is 1. The highest BCUT2D eigenvalue weighted by Gasteiger charge is 2.15. The van der Waals surface area contributed by atoms with E-state index in [9.17, 15) is 4.79 Å². The van der Waals surface area contributed by atoms with Crippen LogP contribution in [-0.2, 0) is 6.42 Å². The van der Waals surface area contributed by atoms with E-state index in [-0.39, 0.29) is 0 Å². The number of rotatable bonds is 1. The Labute approximate surface area is 83.7 Å². The summed E-state index contributed by atoms with van der Waals surface area (Å²) in [4.78, 5) is 11.8. The van der Waals surface area contributed by atoms with E-state index in [0.717, 1.165) is 28.5 Å². The Morgan fingerprint density at radius 1 is 1.50 bits per heavy atom. The Balaban J connectivity index is 2.58. The summed E-state index contributed by atoms with van der Waals surface area (Å²) in [5.74, 6) is 1.14. The fraction of sp³-hybridized carbons (Fsp3) is 0.222. The summed E-state index contributed by atoms with van der Waals surface area (Å²) in [6, 6.07) is 3.86. The molecule has 0 bridgehead atoms. The average molecular weight is 243 g/mol. The van der Waals surface area contributed by atoms with Crippen LogP contribution in [-0.4, -0.2) is 12.0 Å². The lowest BCUT2D eigenvalue weighted by Gasteiger charge is -2.01. The molecule has 0 radical (unpaired) electrons. The molecule has 0 saturated heterocycles. The van der Waals surface area contributed by atoms with Crippen molar-refractivity contribution in [1.29, 1.82) is 0 Å². The van der Waals surface area contributed by atoms with Crippen molar-refractivity contribution in [3.05, 3.63) is 27.7 Å². The van der Waals surface area contributed by atoms with E-state index in [2.05, 4.69) is 15.9 Å². The van der Waals surface area contributed by atoms with Gasteiger partial charge >= 0.3 is 0 Å². The first kappa shape index (κ1) is 8.32. The minimum absolute atomic E-state index is 0.767. The lowest BCUT2D eigenvalue weighted by atomic mass is 10.1. The van der Waals surface area contributed by atoms with Crippen molar-refractivity contribution < 1.29 is 4.79 Å². The molecule has 62 valence electrons. The molecule has 12 heavy (non-hydrogen) atoms. The Morgan fingerprint density at radius 2 is 2.33 bits per heavy atom. The molecule has 1 aromatic rings. The first-order chi connectivity index (χ1) is 5.81. The monoisotopic (exact) mass is 242 g/mol. The lowest BCUT2D eigenvalue weighted by Crippen LogP contribution is -1.86. The van der Waals surface area contributed by atoms with Crippen LogP contribution in [0.3, 0.4) is 0 Å². The van der Waals surface area contributed by atoms with E-state index in [1.165, 1.54) is 10.5 Å². The Bertz CT molecular complexity index is 336. The summed E-state index contributed by atoms with van der Waals surface area (Å²) in [7, 11) is 0. The number of fused-ring (bicyclic) bond motifs is 1. The zero-order valence-corrected chi connectivity index (χ0v) is 8.74. The predicted octanol–water partition coefficient (Wildman–Crippen LogP) is 2.91. The van der Waals surface area contributed by atoms with Crippen LogP contribution in [0.4, 0.5) is 0 Å². The van der Waals surface area contributed by atoms with Gasteiger partial charge in [0.1, 0.15) is 6.29 Å². The van der Waals surface area contributed by atoms with Crippen molar-refractivity contribution in [3.8, 4) is 0 Å². The summed E-state index contributed by atoms with van der Waals surface area (Å²) in [5.41, 5.74) is 2.07. The highest BCUT2D eigenvalue weighted by molar-refractivity contribution is 9.10. The first-order valence-electron chi connectivity index (χ1n) is 3.71. The minimum atomic E-state index is 0.767. The molecule has 0 spiro atoms. The molecule has 1 nitrogen and oxygen atoms in total. The van der Waals surface area contributed by atoms with Crippen LogP contribution in [0.25, 0.3) is 0 Å². The lowest BCUT2D eigenvalue weighted by molar-refractivity contribution is 0.112. The van der Waals surface area contributed by atoms with Gasteiger partial charge in [0.2, 0.25) is 0 Å². The Kier molecular flexibility index (Phi) is 2.24. The van der Waals surface area contributed by atoms with Crippen molar-refractivity contribution in [2.45, 2.75) is 11.3 Å². The summed E-state index contributed by atoms with van der Waals surface area (Å²) in [6.07, 6.45) is 1.98. The number of thioether (sulfide) groups is 1. The summed E-state index contributed by atoms with van der Waals surface area (Å²) >= 11 is 5.31. The third-order valence-electron chi connectivity index (χ3n) is 1.90. The van der Waals surface area contributed by atoms with Crippen molar-refractivity contribution in [3.63, 3.8) is 0 Å². The molecule has 0 unspecified atom stereocenters. The van der Waals surface area contributed by atoms with Gasteiger partial charge in [0.25, 0.3) is 0 Å². The summed E-state index contributed by atoms with van der Waals surface area (Å²) in [6.45, 7) is 0. The fourth-order valence-corrected chi connectivity index (χ4v) is 3.28. The van der Waals surface area contributed by atoms with Crippen LogP contribution in [0.2, 0.25) is 0 Å². The average Bonchev–Trinajstić information content (AvgIpc) is 2.52. The van der Waals surface area contributed by atoms with Crippen molar-refractivity contribution in [1.82, 2.24) is 0 Å². The van der Waals surface area contributed by atoms with E-state index >= 15 is 0 Å². The van der Waals surface area contributed by atoms with Gasteiger partial charge in [-0.1, -0.05) is 0 Å². The fourth-order valence-electron chi connectivity index (χ4n) is 1.35. The van der Waals surface area contributed by atoms with Crippen LogP contribution in [0.1, 0.15) is 15.9 Å². The molecule has 0 fully saturated rings. The molecule has 0 aliphatic carbocycles. The summed E-state index contributed by atoms with van der Waals surface area (Å²) < 4.78 is 1.06. The molecule has 0 atom stereocenters. The molecule has 1 aliphatic heterocycles. The van der Waals surface area contributed by atoms with Crippen LogP contribution in [0.5, 0.6) is 0 Å². The van der Waals surface area contributed by atoms with Gasteiger partial charge in [0, 0.05) is 20.7 Å². The molecule has 1 aliphatic rings. The van der Waals surface area contributed by atoms with Crippen LogP contribution < -0.4 is 0 Å². The molecule has 0 N–H and O–H groups in total. The first-order valence-corrected chi connectivity index (χ1v) is 5.49. The molecule has 2 rings (SSSR count). The highest BCUT2D eigenvalue weighted by atomic mass is 79.9. The maximum Gasteiger partial charge on any atom is 0.150 e. The smallest absolute Gasteiger partial charge is 0.150 e. The van der Waals surface area contributed by atoms with Crippen LogP contribution >= 0.6 is 27.7 Å². The number of aldehydes is 1. The highest BCUT2D eigenvalue weighted by Crippen LogP contribution is 2.37. The zero-order valence-electron chi connectivity index (χ0n) is 6.34. The van der Waals surface area contributed by atoms with Gasteiger partial charge in [-0.2, -0.15) is 0 Å². The number of carbonyl (C=O) groups is 1. The number of aryl methyl sites for hydroxylation is 1. The van der Waals surface area contributed by atoms with E-state index in [1.807, 2.05) is 23.9 Å². The van der Waals surface area contributed by atoms with E-state index < -0.39 is 0 Å². The normalized spacial score (nSPS) is 14.4. The molecule has 1 aromatic carbocycles. The zero-order chi connectivity index (χ0) is 8.55. The second kappa shape index (κ2) is 3.23. The van der Waals surface area contributed by atoms with Gasteiger partial charge in [0.05, 0.1) is 0 Å². The molecule has 3 heteroatoms. The van der Waals surface area contributed by atoms with Crippen LogP contribution in [0, 0.1) is 0 Å². The van der Waals surface area contributed by atoms with Gasteiger partial charge in [-0.3, -0.25) is 4.79 Å². The second-order valence-electron chi connectivity index (χ2n) is 2.71. The van der Waals surface area contributed by atoms with Crippen molar-refractivity contribution in [2.24, 2.45) is 0 Å². The molecular weight excluding hydrogens is 236 g/mol. The quantitative estimate of drug-likeness (QED) is 0.705. The van der Waals surface area contributed by atoms with E-state index in [0.29, 0.717) is 0 Å². The maximum absolute atomic E-state index is 10.5. The number of halogens is 1. The molecule has 0 saturated carbocycles. The second-order valence-corrected chi connectivity index (χ2v) is 4.67. The Morgan fingerprint density at radius 3 is 3.08 bits per heavy atom. The maximum atomic E-state index is 10.5. The van der Waals surface area contributed by atoms with Gasteiger partial charge in [-0.15, -0.1) is 11.8 Å². The van der Waals surface area contributed by atoms with Crippen molar-refractivity contribution in [2.75, 3.05) is 5.75 Å². The van der Waals surface area contributed by atoms with Gasteiger partial charge in [-0.25, -0.2) is 0 Å². The van der Waals surface area contributed by atoms with Gasteiger partial charge < -0.3 is 0 Å².